The average Bonchev–Trinajstić information content (AvgIpc) is 2.88. The number of aromatic nitrogens is 1. The molecule has 128 valence electrons. The molecule has 0 aliphatic carbocycles. The second-order valence-electron chi connectivity index (χ2n) is 7.01. The van der Waals surface area contributed by atoms with Gasteiger partial charge in [0.1, 0.15) is 6.54 Å². The lowest BCUT2D eigenvalue weighted by Crippen LogP contribution is -2.40. The number of aryl methyl sites for hydroxylation is 1. The van der Waals surface area contributed by atoms with E-state index in [2.05, 4.69) is 41.6 Å². The highest BCUT2D eigenvalue weighted by molar-refractivity contribution is 7.99. The topological polar surface area (TPSA) is 28.5 Å². The van der Waals surface area contributed by atoms with E-state index in [4.69, 9.17) is 0 Å². The van der Waals surface area contributed by atoms with Crippen LogP contribution in [0.15, 0.2) is 18.2 Å². The summed E-state index contributed by atoms with van der Waals surface area (Å²) in [6.45, 7) is 6.47. The zero-order valence-corrected chi connectivity index (χ0v) is 15.4. The molecule has 0 atom stereocenters. The number of carbonyl (C=O) groups is 1. The number of nitrogens with zero attached hydrogens (tertiary/aromatic N) is 3. The third-order valence-electron chi connectivity index (χ3n) is 5.26. The van der Waals surface area contributed by atoms with E-state index in [0.29, 0.717) is 6.54 Å². The highest BCUT2D eigenvalue weighted by atomic mass is 32.2. The van der Waals surface area contributed by atoms with Crippen molar-refractivity contribution in [3.8, 4) is 0 Å². The largest absolute Gasteiger partial charge is 0.339 e. The molecule has 24 heavy (non-hydrogen) atoms. The van der Waals surface area contributed by atoms with Crippen LogP contribution in [0.25, 0.3) is 10.9 Å². The van der Waals surface area contributed by atoms with E-state index in [-0.39, 0.29) is 5.91 Å². The van der Waals surface area contributed by atoms with E-state index >= 15 is 0 Å². The lowest BCUT2D eigenvalue weighted by atomic mass is 10.0. The number of thioether (sulfide) groups is 1. The molecule has 1 aromatic carbocycles. The van der Waals surface area contributed by atoms with Crippen molar-refractivity contribution in [2.45, 2.75) is 26.4 Å². The van der Waals surface area contributed by atoms with Crippen LogP contribution in [-0.2, 0) is 24.3 Å². The number of carbonyl (C=O) groups excluding carboxylic acids is 1. The Kier molecular flexibility index (Phi) is 4.31. The standard InChI is InChI=1S/C19H25N3OS/c1-14-3-4-17-15(11-14)16-12-20(2)6-5-18(16)22(17)13-19(23)21-7-9-24-10-8-21/h3-4,11H,5-10,12-13H2,1-2H3. The molecule has 1 aromatic heterocycles. The number of amides is 1. The van der Waals surface area contributed by atoms with Gasteiger partial charge in [0.25, 0.3) is 0 Å². The Bertz CT molecular complexity index is 777. The average molecular weight is 343 g/mol. The van der Waals surface area contributed by atoms with Crippen molar-refractivity contribution in [3.05, 3.63) is 35.0 Å². The summed E-state index contributed by atoms with van der Waals surface area (Å²) in [5.41, 5.74) is 5.30. The first-order valence-electron chi connectivity index (χ1n) is 8.78. The minimum absolute atomic E-state index is 0.273. The fourth-order valence-electron chi connectivity index (χ4n) is 3.93. The molecule has 1 amide bonds. The van der Waals surface area contributed by atoms with Gasteiger partial charge in [-0.05, 0) is 31.7 Å². The molecule has 0 saturated carbocycles. The lowest BCUT2D eigenvalue weighted by molar-refractivity contribution is -0.131. The number of hydrogen-bond acceptors (Lipinski definition) is 3. The van der Waals surface area contributed by atoms with Crippen molar-refractivity contribution in [2.24, 2.45) is 0 Å². The molecule has 3 heterocycles. The number of hydrogen-bond donors (Lipinski definition) is 0. The van der Waals surface area contributed by atoms with Gasteiger partial charge in [0.05, 0.1) is 0 Å². The molecule has 2 aliphatic rings. The summed E-state index contributed by atoms with van der Waals surface area (Å²) >= 11 is 1.95. The van der Waals surface area contributed by atoms with Gasteiger partial charge in [0.15, 0.2) is 0 Å². The van der Waals surface area contributed by atoms with Gasteiger partial charge >= 0.3 is 0 Å². The molecule has 5 heteroatoms. The zero-order valence-electron chi connectivity index (χ0n) is 14.5. The van der Waals surface area contributed by atoms with Gasteiger partial charge in [-0.3, -0.25) is 4.79 Å². The smallest absolute Gasteiger partial charge is 0.242 e. The molecular formula is C19H25N3OS. The molecule has 0 spiro atoms. The van der Waals surface area contributed by atoms with E-state index < -0.39 is 0 Å². The van der Waals surface area contributed by atoms with Crippen LogP contribution >= 0.6 is 11.8 Å². The first-order valence-corrected chi connectivity index (χ1v) is 9.93. The van der Waals surface area contributed by atoms with Crippen molar-refractivity contribution in [3.63, 3.8) is 0 Å². The molecule has 4 rings (SSSR count). The normalized spacial score (nSPS) is 18.8. The lowest BCUT2D eigenvalue weighted by Gasteiger charge is -2.28. The maximum Gasteiger partial charge on any atom is 0.242 e. The molecule has 0 unspecified atom stereocenters. The summed E-state index contributed by atoms with van der Waals surface area (Å²) in [6.07, 6.45) is 1.03. The maximum absolute atomic E-state index is 12.8. The molecule has 1 saturated heterocycles. The third kappa shape index (κ3) is 2.84. The quantitative estimate of drug-likeness (QED) is 0.839. The maximum atomic E-state index is 12.8. The SMILES string of the molecule is Cc1ccc2c(c1)c1c(n2CC(=O)N2CCSCC2)CCN(C)C1. The van der Waals surface area contributed by atoms with Crippen LogP contribution in [0.4, 0.5) is 0 Å². The van der Waals surface area contributed by atoms with Gasteiger partial charge in [0.2, 0.25) is 5.91 Å². The highest BCUT2D eigenvalue weighted by Crippen LogP contribution is 2.31. The van der Waals surface area contributed by atoms with Crippen molar-refractivity contribution >= 4 is 28.6 Å². The molecule has 0 bridgehead atoms. The van der Waals surface area contributed by atoms with Crippen molar-refractivity contribution in [2.75, 3.05) is 38.2 Å². The summed E-state index contributed by atoms with van der Waals surface area (Å²) in [4.78, 5) is 17.2. The van der Waals surface area contributed by atoms with Gasteiger partial charge < -0.3 is 14.4 Å². The fourth-order valence-corrected chi connectivity index (χ4v) is 4.83. The van der Waals surface area contributed by atoms with E-state index in [9.17, 15) is 4.79 Å². The minimum Gasteiger partial charge on any atom is -0.339 e. The Balaban J connectivity index is 1.73. The second kappa shape index (κ2) is 6.45. The van der Waals surface area contributed by atoms with Crippen LogP contribution in [0.2, 0.25) is 0 Å². The van der Waals surface area contributed by atoms with Crippen LogP contribution in [0.1, 0.15) is 16.8 Å². The fraction of sp³-hybridized carbons (Fsp3) is 0.526. The van der Waals surface area contributed by atoms with Crippen molar-refractivity contribution < 1.29 is 4.79 Å². The molecule has 0 radical (unpaired) electrons. The zero-order chi connectivity index (χ0) is 16.7. The summed E-state index contributed by atoms with van der Waals surface area (Å²) in [5, 5.41) is 1.33. The Labute approximate surface area is 147 Å². The van der Waals surface area contributed by atoms with Gasteiger partial charge in [0, 0.05) is 60.7 Å². The minimum atomic E-state index is 0.273. The predicted molar refractivity (Wildman–Crippen MR) is 101 cm³/mol. The van der Waals surface area contributed by atoms with Gasteiger partial charge in [-0.15, -0.1) is 0 Å². The molecule has 4 nitrogen and oxygen atoms in total. The first kappa shape index (κ1) is 16.0. The summed E-state index contributed by atoms with van der Waals surface area (Å²) < 4.78 is 2.29. The van der Waals surface area contributed by atoms with Gasteiger partial charge in [-0.2, -0.15) is 11.8 Å². The second-order valence-corrected chi connectivity index (χ2v) is 8.24. The predicted octanol–water partition coefficient (Wildman–Crippen LogP) is 2.51. The molecular weight excluding hydrogens is 318 g/mol. The van der Waals surface area contributed by atoms with E-state index in [1.807, 2.05) is 16.7 Å². The van der Waals surface area contributed by atoms with Crippen LogP contribution in [-0.4, -0.2) is 58.5 Å². The van der Waals surface area contributed by atoms with E-state index in [0.717, 1.165) is 44.1 Å². The summed E-state index contributed by atoms with van der Waals surface area (Å²) in [7, 11) is 2.18. The van der Waals surface area contributed by atoms with Gasteiger partial charge in [-0.25, -0.2) is 0 Å². The Morgan fingerprint density at radius 2 is 2.00 bits per heavy atom. The highest BCUT2D eigenvalue weighted by Gasteiger charge is 2.25. The summed E-state index contributed by atoms with van der Waals surface area (Å²) in [5.74, 6) is 2.41. The number of likely N-dealkylation sites (N-methyl/N-ethyl adjacent to an activating group) is 1. The first-order chi connectivity index (χ1) is 11.6. The monoisotopic (exact) mass is 343 g/mol. The van der Waals surface area contributed by atoms with Crippen LogP contribution in [0, 0.1) is 6.92 Å². The van der Waals surface area contributed by atoms with Gasteiger partial charge in [-0.1, -0.05) is 11.6 Å². The van der Waals surface area contributed by atoms with Crippen LogP contribution < -0.4 is 0 Å². The van der Waals surface area contributed by atoms with Crippen molar-refractivity contribution in [1.29, 1.82) is 0 Å². The Morgan fingerprint density at radius 1 is 1.21 bits per heavy atom. The van der Waals surface area contributed by atoms with E-state index in [1.165, 1.54) is 27.7 Å². The number of fused-ring (bicyclic) bond motifs is 3. The third-order valence-corrected chi connectivity index (χ3v) is 6.20. The number of benzene rings is 1. The van der Waals surface area contributed by atoms with E-state index in [1.54, 1.807) is 0 Å². The van der Waals surface area contributed by atoms with Crippen LogP contribution in [0.5, 0.6) is 0 Å². The van der Waals surface area contributed by atoms with Crippen LogP contribution in [0.3, 0.4) is 0 Å². The summed E-state index contributed by atoms with van der Waals surface area (Å²) in [6, 6.07) is 6.64. The van der Waals surface area contributed by atoms with Crippen molar-refractivity contribution in [1.82, 2.24) is 14.4 Å². The molecule has 1 fully saturated rings. The molecule has 2 aliphatic heterocycles. The Morgan fingerprint density at radius 3 is 2.79 bits per heavy atom. The molecule has 2 aromatic rings. The molecule has 0 N–H and O–H groups in total. The Hall–Kier alpha value is -1.46. The number of rotatable bonds is 2.